The topological polar surface area (TPSA) is 74.3 Å². The number of amides is 2. The summed E-state index contributed by atoms with van der Waals surface area (Å²) in [5.41, 5.74) is 0.336. The summed E-state index contributed by atoms with van der Waals surface area (Å²) in [6, 6.07) is 5.67. The fourth-order valence-electron chi connectivity index (χ4n) is 2.84. The van der Waals surface area contributed by atoms with E-state index < -0.39 is 0 Å². The molecule has 1 saturated carbocycles. The largest absolute Gasteiger partial charge is 0.342 e. The van der Waals surface area contributed by atoms with Crippen LogP contribution in [-0.4, -0.2) is 53.9 Å². The van der Waals surface area contributed by atoms with Crippen molar-refractivity contribution in [1.82, 2.24) is 20.5 Å². The molecule has 1 aliphatic carbocycles. The molecule has 2 N–H and O–H groups in total. The maximum atomic E-state index is 12.2. The molecule has 0 unspecified atom stereocenters. The molecule has 6 heteroatoms. The summed E-state index contributed by atoms with van der Waals surface area (Å²) in [4.78, 5) is 29.9. The van der Waals surface area contributed by atoms with E-state index >= 15 is 0 Å². The van der Waals surface area contributed by atoms with Crippen molar-refractivity contribution in [1.29, 1.82) is 0 Å². The molecule has 3 rings (SSSR count). The number of aromatic nitrogens is 1. The predicted octanol–water partition coefficient (Wildman–Crippen LogP) is 0.802. The minimum atomic E-state index is -0.306. The van der Waals surface area contributed by atoms with Crippen LogP contribution < -0.4 is 10.6 Å². The second kappa shape index (κ2) is 7.55. The van der Waals surface area contributed by atoms with Crippen LogP contribution in [0.4, 0.5) is 0 Å². The number of carbonyl (C=O) groups excluding carboxylic acids is 2. The van der Waals surface area contributed by atoms with E-state index in [0.717, 1.165) is 38.4 Å². The van der Waals surface area contributed by atoms with Gasteiger partial charge < -0.3 is 15.5 Å². The monoisotopic (exact) mass is 316 g/mol. The Hall–Kier alpha value is -1.95. The molecule has 1 aromatic heterocycles. The lowest BCUT2D eigenvalue weighted by atomic mass is 10.0. The van der Waals surface area contributed by atoms with Crippen LogP contribution in [0.3, 0.4) is 0 Å². The van der Waals surface area contributed by atoms with Gasteiger partial charge in [-0.3, -0.25) is 14.6 Å². The number of likely N-dealkylation sites (tertiary alicyclic amines) is 1. The van der Waals surface area contributed by atoms with E-state index in [2.05, 4.69) is 15.6 Å². The van der Waals surface area contributed by atoms with E-state index in [1.165, 1.54) is 12.8 Å². The smallest absolute Gasteiger partial charge is 0.270 e. The molecule has 2 heterocycles. The summed E-state index contributed by atoms with van der Waals surface area (Å²) >= 11 is 0. The third-order valence-corrected chi connectivity index (χ3v) is 4.54. The minimum Gasteiger partial charge on any atom is -0.342 e. The molecule has 2 aliphatic rings. The summed E-state index contributed by atoms with van der Waals surface area (Å²) in [5, 5.41) is 6.25. The lowest BCUT2D eigenvalue weighted by Gasteiger charge is -2.32. The van der Waals surface area contributed by atoms with Gasteiger partial charge in [-0.15, -0.1) is 0 Å². The SMILES string of the molecule is O=C(NCC(=O)N1CCC(NCC2CC2)CC1)c1ccccn1. The molecular formula is C17H24N4O2. The Kier molecular flexibility index (Phi) is 5.23. The molecule has 6 nitrogen and oxygen atoms in total. The molecule has 1 aromatic rings. The number of hydrogen-bond donors (Lipinski definition) is 2. The zero-order valence-corrected chi connectivity index (χ0v) is 13.3. The fourth-order valence-corrected chi connectivity index (χ4v) is 2.84. The van der Waals surface area contributed by atoms with E-state index in [4.69, 9.17) is 0 Å². The highest BCUT2D eigenvalue weighted by Crippen LogP contribution is 2.28. The van der Waals surface area contributed by atoms with Crippen LogP contribution in [0, 0.1) is 5.92 Å². The highest BCUT2D eigenvalue weighted by molar-refractivity contribution is 5.94. The molecule has 0 spiro atoms. The average molecular weight is 316 g/mol. The number of carbonyl (C=O) groups is 2. The first kappa shape index (κ1) is 15.9. The first-order chi connectivity index (χ1) is 11.2. The van der Waals surface area contributed by atoms with Crippen LogP contribution in [0.15, 0.2) is 24.4 Å². The number of nitrogens with zero attached hydrogens (tertiary/aromatic N) is 2. The molecule has 0 radical (unpaired) electrons. The number of pyridine rings is 1. The molecule has 23 heavy (non-hydrogen) atoms. The van der Waals surface area contributed by atoms with Gasteiger partial charge in [0.15, 0.2) is 0 Å². The van der Waals surface area contributed by atoms with Crippen LogP contribution in [0.2, 0.25) is 0 Å². The van der Waals surface area contributed by atoms with Crippen molar-refractivity contribution in [2.45, 2.75) is 31.7 Å². The molecule has 0 atom stereocenters. The van der Waals surface area contributed by atoms with Crippen molar-refractivity contribution in [3.05, 3.63) is 30.1 Å². The van der Waals surface area contributed by atoms with Gasteiger partial charge in [0, 0.05) is 25.3 Å². The number of hydrogen-bond acceptors (Lipinski definition) is 4. The Morgan fingerprint density at radius 2 is 1.96 bits per heavy atom. The maximum absolute atomic E-state index is 12.2. The Balaban J connectivity index is 1.36. The highest BCUT2D eigenvalue weighted by Gasteiger charge is 2.26. The first-order valence-electron chi connectivity index (χ1n) is 8.43. The van der Waals surface area contributed by atoms with Crippen molar-refractivity contribution in [2.24, 2.45) is 5.92 Å². The third kappa shape index (κ3) is 4.76. The number of nitrogens with one attached hydrogen (secondary N) is 2. The van der Waals surface area contributed by atoms with Gasteiger partial charge >= 0.3 is 0 Å². The van der Waals surface area contributed by atoms with Gasteiger partial charge in [-0.05, 0) is 50.3 Å². The van der Waals surface area contributed by atoms with E-state index in [1.54, 1.807) is 24.4 Å². The van der Waals surface area contributed by atoms with Gasteiger partial charge in [0.2, 0.25) is 5.91 Å². The molecule has 0 bridgehead atoms. The molecule has 0 aromatic carbocycles. The molecular weight excluding hydrogens is 292 g/mol. The molecule has 2 fully saturated rings. The number of piperidine rings is 1. The van der Waals surface area contributed by atoms with Crippen molar-refractivity contribution < 1.29 is 9.59 Å². The molecule has 1 saturated heterocycles. The summed E-state index contributed by atoms with van der Waals surface area (Å²) < 4.78 is 0. The Morgan fingerprint density at radius 3 is 2.61 bits per heavy atom. The average Bonchev–Trinajstić information content (AvgIpc) is 3.43. The highest BCUT2D eigenvalue weighted by atomic mass is 16.2. The summed E-state index contributed by atoms with van der Waals surface area (Å²) in [6.07, 6.45) is 6.27. The minimum absolute atomic E-state index is 0.0186. The van der Waals surface area contributed by atoms with Crippen LogP contribution >= 0.6 is 0 Å². The van der Waals surface area contributed by atoms with Crippen molar-refractivity contribution in [3.63, 3.8) is 0 Å². The zero-order valence-electron chi connectivity index (χ0n) is 13.3. The quantitative estimate of drug-likeness (QED) is 0.814. The van der Waals surface area contributed by atoms with Crippen LogP contribution in [0.1, 0.15) is 36.2 Å². The summed E-state index contributed by atoms with van der Waals surface area (Å²) in [5.74, 6) is 0.561. The van der Waals surface area contributed by atoms with Crippen LogP contribution in [0.5, 0.6) is 0 Å². The van der Waals surface area contributed by atoms with Crippen LogP contribution in [0.25, 0.3) is 0 Å². The maximum Gasteiger partial charge on any atom is 0.270 e. The van der Waals surface area contributed by atoms with Crippen LogP contribution in [-0.2, 0) is 4.79 Å². The fraction of sp³-hybridized carbons (Fsp3) is 0.588. The Bertz CT molecular complexity index is 537. The van der Waals surface area contributed by atoms with E-state index in [-0.39, 0.29) is 18.4 Å². The third-order valence-electron chi connectivity index (χ3n) is 4.54. The Labute approximate surface area is 136 Å². The second-order valence-corrected chi connectivity index (χ2v) is 6.40. The first-order valence-corrected chi connectivity index (χ1v) is 8.43. The van der Waals surface area contributed by atoms with E-state index in [9.17, 15) is 9.59 Å². The van der Waals surface area contributed by atoms with Gasteiger partial charge in [0.25, 0.3) is 5.91 Å². The summed E-state index contributed by atoms with van der Waals surface area (Å²) in [6.45, 7) is 2.69. The van der Waals surface area contributed by atoms with Crippen molar-refractivity contribution in [3.8, 4) is 0 Å². The van der Waals surface area contributed by atoms with E-state index in [1.807, 2.05) is 4.90 Å². The van der Waals surface area contributed by atoms with Gasteiger partial charge in [-0.1, -0.05) is 6.07 Å². The lowest BCUT2D eigenvalue weighted by molar-refractivity contribution is -0.131. The molecule has 1 aliphatic heterocycles. The standard InChI is InChI=1S/C17H24N4O2/c22-16(12-20-17(23)15-3-1-2-8-18-15)21-9-6-14(7-10-21)19-11-13-4-5-13/h1-3,8,13-14,19H,4-7,9-12H2,(H,20,23). The predicted molar refractivity (Wildman–Crippen MR) is 86.9 cm³/mol. The molecule has 124 valence electrons. The van der Waals surface area contributed by atoms with Crippen molar-refractivity contribution in [2.75, 3.05) is 26.2 Å². The van der Waals surface area contributed by atoms with Gasteiger partial charge in [0.1, 0.15) is 5.69 Å². The van der Waals surface area contributed by atoms with Gasteiger partial charge in [0.05, 0.1) is 6.54 Å². The summed E-state index contributed by atoms with van der Waals surface area (Å²) in [7, 11) is 0. The number of rotatable bonds is 6. The van der Waals surface area contributed by atoms with Crippen molar-refractivity contribution >= 4 is 11.8 Å². The lowest BCUT2D eigenvalue weighted by Crippen LogP contribution is -2.48. The normalized spacial score (nSPS) is 18.7. The van der Waals surface area contributed by atoms with Gasteiger partial charge in [-0.25, -0.2) is 0 Å². The van der Waals surface area contributed by atoms with E-state index in [0.29, 0.717) is 11.7 Å². The van der Waals surface area contributed by atoms with Gasteiger partial charge in [-0.2, -0.15) is 0 Å². The Morgan fingerprint density at radius 1 is 1.17 bits per heavy atom. The second-order valence-electron chi connectivity index (χ2n) is 6.40. The molecule has 2 amide bonds. The zero-order chi connectivity index (χ0) is 16.1.